The van der Waals surface area contributed by atoms with Crippen LogP contribution < -0.4 is 14.4 Å². The number of sulfonamides is 1. The molecule has 3 aromatic carbocycles. The number of hydrogen-bond donors (Lipinski definition) is 1. The number of aryl methyl sites for hydroxylation is 1. The molecule has 0 aromatic heterocycles. The number of rotatable bonds is 11. The largest absolute Gasteiger partial charge is 0.496 e. The van der Waals surface area contributed by atoms with Crippen LogP contribution in [0.3, 0.4) is 0 Å². The summed E-state index contributed by atoms with van der Waals surface area (Å²) in [5.74, 6) is -0.404. The Labute approximate surface area is 243 Å². The van der Waals surface area contributed by atoms with Gasteiger partial charge in [0.25, 0.3) is 10.0 Å². The van der Waals surface area contributed by atoms with Crippen molar-refractivity contribution in [2.45, 2.75) is 37.8 Å². The number of halogens is 2. The zero-order valence-corrected chi connectivity index (χ0v) is 25.3. The number of nitrogens with one attached hydrogen (secondary N) is 1. The number of amides is 2. The van der Waals surface area contributed by atoms with Crippen LogP contribution >= 0.6 is 27.5 Å². The summed E-state index contributed by atoms with van der Waals surface area (Å²) < 4.78 is 34.7. The fourth-order valence-electron chi connectivity index (χ4n) is 4.05. The molecule has 8 nitrogen and oxygen atoms in total. The van der Waals surface area contributed by atoms with E-state index in [4.69, 9.17) is 16.3 Å². The van der Waals surface area contributed by atoms with Crippen LogP contribution in [-0.2, 0) is 26.2 Å². The summed E-state index contributed by atoms with van der Waals surface area (Å²) >= 11 is 9.38. The van der Waals surface area contributed by atoms with Crippen LogP contribution in [0, 0.1) is 6.92 Å². The van der Waals surface area contributed by atoms with Gasteiger partial charge in [-0.25, -0.2) is 8.42 Å². The number of ether oxygens (including phenoxy) is 1. The van der Waals surface area contributed by atoms with E-state index in [1.165, 1.54) is 37.3 Å². The number of benzene rings is 3. The molecule has 2 amide bonds. The minimum atomic E-state index is -4.20. The van der Waals surface area contributed by atoms with Gasteiger partial charge in [-0.15, -0.1) is 0 Å². The van der Waals surface area contributed by atoms with Crippen molar-refractivity contribution in [2.75, 3.05) is 25.0 Å². The molecule has 0 spiro atoms. The summed E-state index contributed by atoms with van der Waals surface area (Å²) in [6.45, 7) is 3.26. The van der Waals surface area contributed by atoms with Crippen molar-refractivity contribution in [1.82, 2.24) is 10.2 Å². The maximum Gasteiger partial charge on any atom is 0.264 e. The Hall–Kier alpha value is -3.08. The molecule has 1 atom stereocenters. The van der Waals surface area contributed by atoms with Gasteiger partial charge < -0.3 is 15.0 Å². The monoisotopic (exact) mass is 635 g/mol. The van der Waals surface area contributed by atoms with Crippen LogP contribution in [0.1, 0.15) is 24.5 Å². The van der Waals surface area contributed by atoms with Crippen LogP contribution in [0.4, 0.5) is 5.69 Å². The third-order valence-corrected chi connectivity index (χ3v) is 8.85. The maximum absolute atomic E-state index is 14.0. The van der Waals surface area contributed by atoms with Crippen molar-refractivity contribution < 1.29 is 22.7 Å². The van der Waals surface area contributed by atoms with E-state index in [0.717, 1.165) is 15.4 Å². The number of methoxy groups -OCH3 is 1. The Bertz CT molecular complexity index is 1420. The molecule has 39 heavy (non-hydrogen) atoms. The van der Waals surface area contributed by atoms with Gasteiger partial charge in [0.1, 0.15) is 18.3 Å². The van der Waals surface area contributed by atoms with E-state index in [2.05, 4.69) is 21.2 Å². The summed E-state index contributed by atoms with van der Waals surface area (Å²) in [5, 5.41) is 3.15. The SMILES string of the molecule is CCC(C(=O)NC)N(Cc1ccc(Cl)cc1)C(=O)CN(c1ccc(C)cc1)S(=O)(=O)c1ccc(OC)c(Br)c1. The van der Waals surface area contributed by atoms with Crippen molar-refractivity contribution in [2.24, 2.45) is 0 Å². The summed E-state index contributed by atoms with van der Waals surface area (Å²) in [6, 6.07) is 17.4. The second-order valence-electron chi connectivity index (χ2n) is 8.83. The zero-order valence-electron chi connectivity index (χ0n) is 22.1. The van der Waals surface area contributed by atoms with Crippen LogP contribution in [0.5, 0.6) is 5.75 Å². The molecule has 0 aliphatic carbocycles. The smallest absolute Gasteiger partial charge is 0.264 e. The lowest BCUT2D eigenvalue weighted by molar-refractivity contribution is -0.140. The van der Waals surface area contributed by atoms with Gasteiger partial charge in [-0.2, -0.15) is 0 Å². The van der Waals surface area contributed by atoms with E-state index in [-0.39, 0.29) is 17.3 Å². The molecule has 1 unspecified atom stereocenters. The van der Waals surface area contributed by atoms with Gasteiger partial charge in [0, 0.05) is 18.6 Å². The minimum absolute atomic E-state index is 0.0221. The van der Waals surface area contributed by atoms with Crippen molar-refractivity contribution in [3.63, 3.8) is 0 Å². The third-order valence-electron chi connectivity index (χ3n) is 6.21. The summed E-state index contributed by atoms with van der Waals surface area (Å²) in [5.41, 5.74) is 2.00. The highest BCUT2D eigenvalue weighted by atomic mass is 79.9. The van der Waals surface area contributed by atoms with E-state index in [1.54, 1.807) is 55.5 Å². The predicted octanol–water partition coefficient (Wildman–Crippen LogP) is 5.17. The molecule has 0 heterocycles. The zero-order chi connectivity index (χ0) is 28.7. The Balaban J connectivity index is 2.07. The quantitative estimate of drug-likeness (QED) is 0.314. The van der Waals surface area contributed by atoms with Gasteiger partial charge in [-0.05, 0) is 77.3 Å². The van der Waals surface area contributed by atoms with E-state index >= 15 is 0 Å². The van der Waals surface area contributed by atoms with Gasteiger partial charge in [0.2, 0.25) is 11.8 Å². The molecule has 11 heteroatoms. The van der Waals surface area contributed by atoms with Gasteiger partial charge in [-0.3, -0.25) is 13.9 Å². The number of hydrogen-bond acceptors (Lipinski definition) is 5. The number of carbonyl (C=O) groups is 2. The first-order valence-electron chi connectivity index (χ1n) is 12.2. The standard InChI is InChI=1S/C28H31BrClN3O5S/c1-5-25(28(35)31-3)32(17-20-8-10-21(30)11-9-20)27(34)18-33(22-12-6-19(2)7-13-22)39(36,37)23-14-15-26(38-4)24(29)16-23/h6-16,25H,5,17-18H2,1-4H3,(H,31,35). The van der Waals surface area contributed by atoms with E-state index in [1.807, 2.05) is 6.92 Å². The molecule has 0 saturated heterocycles. The fourth-order valence-corrected chi connectivity index (χ4v) is 6.31. The van der Waals surface area contributed by atoms with Crippen molar-refractivity contribution in [1.29, 1.82) is 0 Å². The van der Waals surface area contributed by atoms with Crippen LogP contribution in [-0.4, -0.2) is 51.9 Å². The fraction of sp³-hybridized carbons (Fsp3) is 0.286. The molecule has 1 N–H and O–H groups in total. The molecule has 208 valence electrons. The molecule has 0 aliphatic heterocycles. The second kappa shape index (κ2) is 13.3. The van der Waals surface area contributed by atoms with Crippen molar-refractivity contribution >= 4 is 55.1 Å². The molecular weight excluding hydrogens is 606 g/mol. The average molecular weight is 637 g/mol. The lowest BCUT2D eigenvalue weighted by atomic mass is 10.1. The lowest BCUT2D eigenvalue weighted by Crippen LogP contribution is -2.51. The first kappa shape index (κ1) is 30.5. The van der Waals surface area contributed by atoms with Gasteiger partial charge >= 0.3 is 0 Å². The molecule has 3 rings (SSSR count). The van der Waals surface area contributed by atoms with Crippen molar-refractivity contribution in [3.8, 4) is 5.75 Å². The first-order valence-corrected chi connectivity index (χ1v) is 14.8. The Morgan fingerprint density at radius 1 is 1.05 bits per heavy atom. The van der Waals surface area contributed by atoms with Gasteiger partial charge in [0.15, 0.2) is 0 Å². The van der Waals surface area contributed by atoms with E-state index in [9.17, 15) is 18.0 Å². The highest BCUT2D eigenvalue weighted by Gasteiger charge is 2.33. The van der Waals surface area contributed by atoms with Crippen LogP contribution in [0.15, 0.2) is 76.1 Å². The molecule has 0 radical (unpaired) electrons. The molecular formula is C28H31BrClN3O5S. The Kier molecular flexibility index (Phi) is 10.4. The molecule has 0 saturated carbocycles. The highest BCUT2D eigenvalue weighted by Crippen LogP contribution is 2.31. The predicted molar refractivity (Wildman–Crippen MR) is 157 cm³/mol. The second-order valence-corrected chi connectivity index (χ2v) is 12.0. The molecule has 0 bridgehead atoms. The van der Waals surface area contributed by atoms with Gasteiger partial charge in [-0.1, -0.05) is 48.4 Å². The number of nitrogens with zero attached hydrogens (tertiary/aromatic N) is 2. The number of carbonyl (C=O) groups excluding carboxylic acids is 2. The third kappa shape index (κ3) is 7.32. The highest BCUT2D eigenvalue weighted by molar-refractivity contribution is 9.10. The molecule has 0 fully saturated rings. The van der Waals surface area contributed by atoms with Crippen LogP contribution in [0.25, 0.3) is 0 Å². The topological polar surface area (TPSA) is 96.0 Å². The van der Waals surface area contributed by atoms with Crippen molar-refractivity contribution in [3.05, 3.63) is 87.4 Å². The minimum Gasteiger partial charge on any atom is -0.496 e. The summed E-state index contributed by atoms with van der Waals surface area (Å²) in [6.07, 6.45) is 0.335. The van der Waals surface area contributed by atoms with E-state index in [0.29, 0.717) is 27.4 Å². The van der Waals surface area contributed by atoms with E-state index < -0.39 is 28.5 Å². The lowest BCUT2D eigenvalue weighted by Gasteiger charge is -2.33. The first-order chi connectivity index (χ1) is 18.5. The Morgan fingerprint density at radius 2 is 1.69 bits per heavy atom. The number of anilines is 1. The normalized spacial score (nSPS) is 11.9. The van der Waals surface area contributed by atoms with Crippen LogP contribution in [0.2, 0.25) is 5.02 Å². The number of likely N-dealkylation sites (N-methyl/N-ethyl adjacent to an activating group) is 1. The molecule has 3 aromatic rings. The van der Waals surface area contributed by atoms with Gasteiger partial charge in [0.05, 0.1) is 22.2 Å². The average Bonchev–Trinajstić information content (AvgIpc) is 2.92. The maximum atomic E-state index is 14.0. The summed E-state index contributed by atoms with van der Waals surface area (Å²) in [7, 11) is -1.21. The summed E-state index contributed by atoms with van der Waals surface area (Å²) in [4.78, 5) is 28.1. The Morgan fingerprint density at radius 3 is 2.23 bits per heavy atom. The molecule has 0 aliphatic rings.